The molecule has 0 spiro atoms. The molecule has 0 bridgehead atoms. The number of aliphatic hydroxyl groups is 1. The van der Waals surface area contributed by atoms with E-state index >= 15 is 0 Å². The van der Waals surface area contributed by atoms with Gasteiger partial charge >= 0.3 is 0 Å². The molecule has 176 valence electrons. The molecule has 0 aliphatic carbocycles. The van der Waals surface area contributed by atoms with Gasteiger partial charge in [-0.05, 0) is 48.7 Å². The molecule has 0 fully saturated rings. The molecule has 0 radical (unpaired) electrons. The molecular weight excluding hydrogens is 412 g/mol. The first-order chi connectivity index (χ1) is 16.0. The SMILES string of the molecule is CCC(C)(CNC(c1ccccc1)c1ccccc1)NCC(O)COc1ccc(OC)cc1. The summed E-state index contributed by atoms with van der Waals surface area (Å²) < 4.78 is 10.9. The van der Waals surface area contributed by atoms with E-state index in [0.29, 0.717) is 12.3 Å². The zero-order chi connectivity index (χ0) is 23.5. The molecular formula is C28H36N2O3. The standard InChI is InChI=1S/C28H36N2O3/c1-4-28(2,30-19-24(31)20-33-26-17-15-25(32-3)16-18-26)21-29-27(22-11-7-5-8-12-22)23-13-9-6-10-14-23/h5-18,24,27,29-31H,4,19-21H2,1-3H3. The van der Waals surface area contributed by atoms with Crippen molar-refractivity contribution in [1.82, 2.24) is 10.6 Å². The molecule has 3 rings (SSSR count). The molecule has 2 unspecified atom stereocenters. The highest BCUT2D eigenvalue weighted by Gasteiger charge is 2.25. The highest BCUT2D eigenvalue weighted by Crippen LogP contribution is 2.23. The summed E-state index contributed by atoms with van der Waals surface area (Å²) in [5.41, 5.74) is 2.29. The lowest BCUT2D eigenvalue weighted by atomic mass is 9.94. The third-order valence-corrected chi connectivity index (χ3v) is 6.01. The van der Waals surface area contributed by atoms with Crippen molar-refractivity contribution in [3.05, 3.63) is 96.1 Å². The Labute approximate surface area is 197 Å². The first kappa shape index (κ1) is 24.8. The van der Waals surface area contributed by atoms with E-state index in [-0.39, 0.29) is 18.2 Å². The second-order valence-corrected chi connectivity index (χ2v) is 8.57. The topological polar surface area (TPSA) is 62.8 Å². The molecule has 3 aromatic carbocycles. The van der Waals surface area contributed by atoms with Gasteiger partial charge < -0.3 is 25.2 Å². The van der Waals surface area contributed by atoms with Gasteiger partial charge in [-0.3, -0.25) is 0 Å². The minimum Gasteiger partial charge on any atom is -0.497 e. The molecule has 0 aliphatic heterocycles. The highest BCUT2D eigenvalue weighted by molar-refractivity contribution is 5.32. The van der Waals surface area contributed by atoms with Crippen molar-refractivity contribution in [1.29, 1.82) is 0 Å². The summed E-state index contributed by atoms with van der Waals surface area (Å²) in [4.78, 5) is 0. The fourth-order valence-corrected chi connectivity index (χ4v) is 3.65. The number of hydrogen-bond donors (Lipinski definition) is 3. The number of β-amino-alcohol motifs (C(OH)–C–C–N with tert-alkyl or cyclic N) is 1. The van der Waals surface area contributed by atoms with Crippen molar-refractivity contribution in [2.24, 2.45) is 0 Å². The van der Waals surface area contributed by atoms with Crippen LogP contribution in [0.3, 0.4) is 0 Å². The molecule has 0 heterocycles. The van der Waals surface area contributed by atoms with Crippen LogP contribution in [0.2, 0.25) is 0 Å². The van der Waals surface area contributed by atoms with Crippen molar-refractivity contribution in [2.75, 3.05) is 26.8 Å². The second kappa shape index (κ2) is 12.4. The molecule has 0 amide bonds. The third-order valence-electron chi connectivity index (χ3n) is 6.01. The van der Waals surface area contributed by atoms with Gasteiger partial charge in [-0.15, -0.1) is 0 Å². The first-order valence-electron chi connectivity index (χ1n) is 11.6. The maximum absolute atomic E-state index is 10.5. The average Bonchev–Trinajstić information content (AvgIpc) is 2.88. The molecule has 0 aliphatic rings. The summed E-state index contributed by atoms with van der Waals surface area (Å²) in [6.07, 6.45) is 0.305. The summed E-state index contributed by atoms with van der Waals surface area (Å²) in [6, 6.07) is 28.5. The van der Waals surface area contributed by atoms with Gasteiger partial charge in [0.1, 0.15) is 24.2 Å². The van der Waals surface area contributed by atoms with E-state index in [1.165, 1.54) is 11.1 Å². The van der Waals surface area contributed by atoms with E-state index in [1.807, 2.05) is 36.4 Å². The van der Waals surface area contributed by atoms with Crippen LogP contribution >= 0.6 is 0 Å². The smallest absolute Gasteiger partial charge is 0.119 e. The van der Waals surface area contributed by atoms with Crippen molar-refractivity contribution in [3.8, 4) is 11.5 Å². The molecule has 0 aromatic heterocycles. The Morgan fingerprint density at radius 1 is 0.848 bits per heavy atom. The molecule has 2 atom stereocenters. The number of rotatable bonds is 13. The van der Waals surface area contributed by atoms with Crippen LogP contribution in [0.1, 0.15) is 37.4 Å². The van der Waals surface area contributed by atoms with Crippen LogP contribution < -0.4 is 20.1 Å². The average molecular weight is 449 g/mol. The predicted octanol–water partition coefficient (Wildman–Crippen LogP) is 4.57. The fourth-order valence-electron chi connectivity index (χ4n) is 3.65. The minimum absolute atomic E-state index is 0.100. The van der Waals surface area contributed by atoms with Gasteiger partial charge in [0.25, 0.3) is 0 Å². The molecule has 3 N–H and O–H groups in total. The maximum atomic E-state index is 10.5. The van der Waals surface area contributed by atoms with Gasteiger partial charge in [0.2, 0.25) is 0 Å². The van der Waals surface area contributed by atoms with Crippen LogP contribution in [0.4, 0.5) is 0 Å². The van der Waals surface area contributed by atoms with E-state index in [1.54, 1.807) is 7.11 Å². The zero-order valence-corrected chi connectivity index (χ0v) is 19.8. The van der Waals surface area contributed by atoms with Gasteiger partial charge in [-0.25, -0.2) is 0 Å². The fraction of sp³-hybridized carbons (Fsp3) is 0.357. The number of nitrogens with one attached hydrogen (secondary N) is 2. The van der Waals surface area contributed by atoms with Crippen molar-refractivity contribution >= 4 is 0 Å². The molecule has 5 nitrogen and oxygen atoms in total. The second-order valence-electron chi connectivity index (χ2n) is 8.57. The van der Waals surface area contributed by atoms with E-state index in [0.717, 1.165) is 18.7 Å². The third kappa shape index (κ3) is 7.60. The van der Waals surface area contributed by atoms with Gasteiger partial charge in [0.15, 0.2) is 0 Å². The van der Waals surface area contributed by atoms with E-state index in [9.17, 15) is 5.11 Å². The largest absolute Gasteiger partial charge is 0.497 e. The Hall–Kier alpha value is -2.86. The molecule has 0 saturated carbocycles. The van der Waals surface area contributed by atoms with Crippen LogP contribution in [0.15, 0.2) is 84.9 Å². The number of methoxy groups -OCH3 is 1. The lowest BCUT2D eigenvalue weighted by molar-refractivity contribution is 0.0967. The first-order valence-corrected chi connectivity index (χ1v) is 11.6. The van der Waals surface area contributed by atoms with Crippen LogP contribution in [-0.4, -0.2) is 43.6 Å². The summed E-state index contributed by atoms with van der Waals surface area (Å²) in [6.45, 7) is 5.77. The lowest BCUT2D eigenvalue weighted by Gasteiger charge is -2.33. The molecule has 33 heavy (non-hydrogen) atoms. The lowest BCUT2D eigenvalue weighted by Crippen LogP contribution is -2.53. The number of hydrogen-bond acceptors (Lipinski definition) is 5. The number of ether oxygens (including phenoxy) is 2. The number of benzene rings is 3. The van der Waals surface area contributed by atoms with Crippen LogP contribution in [0, 0.1) is 0 Å². The van der Waals surface area contributed by atoms with E-state index in [2.05, 4.69) is 73.0 Å². The van der Waals surface area contributed by atoms with Crippen molar-refractivity contribution in [3.63, 3.8) is 0 Å². The normalized spacial score (nSPS) is 14.0. The van der Waals surface area contributed by atoms with Gasteiger partial charge in [-0.1, -0.05) is 67.6 Å². The Morgan fingerprint density at radius 2 is 1.39 bits per heavy atom. The van der Waals surface area contributed by atoms with Gasteiger partial charge in [-0.2, -0.15) is 0 Å². The van der Waals surface area contributed by atoms with Gasteiger partial charge in [0, 0.05) is 18.6 Å². The summed E-state index contributed by atoms with van der Waals surface area (Å²) in [7, 11) is 1.63. The predicted molar refractivity (Wildman–Crippen MR) is 134 cm³/mol. The molecule has 5 heteroatoms. The summed E-state index contributed by atoms with van der Waals surface area (Å²) in [5, 5.41) is 17.8. The minimum atomic E-state index is -0.614. The van der Waals surface area contributed by atoms with Crippen molar-refractivity contribution in [2.45, 2.75) is 38.0 Å². The monoisotopic (exact) mass is 448 g/mol. The highest BCUT2D eigenvalue weighted by atomic mass is 16.5. The van der Waals surface area contributed by atoms with E-state index < -0.39 is 6.10 Å². The Balaban J connectivity index is 1.55. The van der Waals surface area contributed by atoms with E-state index in [4.69, 9.17) is 9.47 Å². The summed E-state index contributed by atoms with van der Waals surface area (Å²) in [5.74, 6) is 1.49. The molecule has 0 saturated heterocycles. The zero-order valence-electron chi connectivity index (χ0n) is 19.8. The maximum Gasteiger partial charge on any atom is 0.119 e. The molecule has 3 aromatic rings. The van der Waals surface area contributed by atoms with Crippen LogP contribution in [-0.2, 0) is 0 Å². The number of aliphatic hydroxyl groups excluding tert-OH is 1. The summed E-state index contributed by atoms with van der Waals surface area (Å²) >= 11 is 0. The van der Waals surface area contributed by atoms with Crippen molar-refractivity contribution < 1.29 is 14.6 Å². The Kier molecular flexibility index (Phi) is 9.31. The van der Waals surface area contributed by atoms with Crippen LogP contribution in [0.5, 0.6) is 11.5 Å². The van der Waals surface area contributed by atoms with Gasteiger partial charge in [0.05, 0.1) is 13.2 Å². The Morgan fingerprint density at radius 3 is 1.91 bits per heavy atom. The Bertz CT molecular complexity index is 895. The quantitative estimate of drug-likeness (QED) is 0.357. The van der Waals surface area contributed by atoms with Crippen LogP contribution in [0.25, 0.3) is 0 Å².